The molecule has 0 amide bonds. The Labute approximate surface area is 107 Å². The first-order valence-corrected chi connectivity index (χ1v) is 6.57. The molecule has 2 aliphatic heterocycles. The number of rotatable bonds is 2. The zero-order valence-corrected chi connectivity index (χ0v) is 10.6. The Morgan fingerprint density at radius 3 is 2.89 bits per heavy atom. The first kappa shape index (κ1) is 14.0. The maximum atomic E-state index is 12.1. The summed E-state index contributed by atoms with van der Waals surface area (Å²) in [5.74, 6) is 0. The van der Waals surface area contributed by atoms with E-state index in [9.17, 15) is 18.3 Å². The molecule has 18 heavy (non-hydrogen) atoms. The highest BCUT2D eigenvalue weighted by molar-refractivity contribution is 8.14. The molecule has 2 fully saturated rings. The second kappa shape index (κ2) is 5.26. The van der Waals surface area contributed by atoms with Gasteiger partial charge in [-0.3, -0.25) is 4.99 Å². The van der Waals surface area contributed by atoms with Crippen LogP contribution in [0.3, 0.4) is 0 Å². The van der Waals surface area contributed by atoms with Crippen molar-refractivity contribution in [2.75, 3.05) is 7.05 Å². The molecule has 0 aromatic rings. The first-order chi connectivity index (χ1) is 8.39. The van der Waals surface area contributed by atoms with Crippen LogP contribution in [-0.4, -0.2) is 47.2 Å². The van der Waals surface area contributed by atoms with Crippen molar-refractivity contribution in [1.82, 2.24) is 5.32 Å². The van der Waals surface area contributed by atoms with Gasteiger partial charge in [0.05, 0.1) is 18.2 Å². The van der Waals surface area contributed by atoms with E-state index in [0.29, 0.717) is 11.6 Å². The number of nitrogens with zero attached hydrogens (tertiary/aromatic N) is 1. The van der Waals surface area contributed by atoms with Crippen molar-refractivity contribution in [3.8, 4) is 0 Å². The third kappa shape index (κ3) is 3.30. The van der Waals surface area contributed by atoms with E-state index < -0.39 is 24.8 Å². The largest absolute Gasteiger partial charge is 0.390 e. The van der Waals surface area contributed by atoms with Crippen molar-refractivity contribution in [3.05, 3.63) is 0 Å². The van der Waals surface area contributed by atoms with Crippen LogP contribution in [0.1, 0.15) is 19.3 Å². The molecule has 4 nitrogen and oxygen atoms in total. The number of hydrogen-bond donors (Lipinski definition) is 2. The normalized spacial score (nSPS) is 38.6. The molecule has 4 unspecified atom stereocenters. The van der Waals surface area contributed by atoms with E-state index in [0.717, 1.165) is 0 Å². The summed E-state index contributed by atoms with van der Waals surface area (Å²) in [6.45, 7) is 0. The van der Waals surface area contributed by atoms with Crippen LogP contribution < -0.4 is 5.32 Å². The molecule has 2 rings (SSSR count). The SMILES string of the molecule is CN=C1NC2CC(O)C(CCC(F)(F)F)OC2S1. The summed E-state index contributed by atoms with van der Waals surface area (Å²) in [7, 11) is 1.63. The maximum absolute atomic E-state index is 12.1. The molecule has 0 spiro atoms. The molecule has 0 aromatic heterocycles. The minimum Gasteiger partial charge on any atom is -0.390 e. The van der Waals surface area contributed by atoms with Crippen LogP contribution in [0.25, 0.3) is 0 Å². The topological polar surface area (TPSA) is 53.9 Å². The Hall–Kier alpha value is -0.470. The van der Waals surface area contributed by atoms with Crippen molar-refractivity contribution in [3.63, 3.8) is 0 Å². The lowest BCUT2D eigenvalue weighted by Crippen LogP contribution is -2.48. The molecule has 4 atom stereocenters. The number of amidine groups is 1. The average molecular weight is 284 g/mol. The molecule has 2 heterocycles. The molecular weight excluding hydrogens is 269 g/mol. The summed E-state index contributed by atoms with van der Waals surface area (Å²) in [5, 5.41) is 13.6. The summed E-state index contributed by atoms with van der Waals surface area (Å²) < 4.78 is 42.0. The molecule has 2 N–H and O–H groups in total. The van der Waals surface area contributed by atoms with Gasteiger partial charge in [-0.2, -0.15) is 13.2 Å². The number of halogens is 3. The summed E-state index contributed by atoms with van der Waals surface area (Å²) in [6.07, 6.45) is -6.57. The maximum Gasteiger partial charge on any atom is 0.389 e. The third-order valence-corrected chi connectivity index (χ3v) is 4.21. The highest BCUT2D eigenvalue weighted by atomic mass is 32.2. The van der Waals surface area contributed by atoms with Gasteiger partial charge < -0.3 is 15.2 Å². The highest BCUT2D eigenvalue weighted by Gasteiger charge is 2.43. The molecular formula is C10H15F3N2O2S. The second-order valence-electron chi connectivity index (χ2n) is 4.40. The number of aliphatic imine (C=N–C) groups is 1. The number of thioether (sulfide) groups is 1. The van der Waals surface area contributed by atoms with E-state index in [1.807, 2.05) is 0 Å². The lowest BCUT2D eigenvalue weighted by molar-refractivity contribution is -0.156. The summed E-state index contributed by atoms with van der Waals surface area (Å²) >= 11 is 1.36. The number of aliphatic hydroxyl groups excluding tert-OH is 1. The summed E-state index contributed by atoms with van der Waals surface area (Å²) in [6, 6.07) is -0.0779. The minimum atomic E-state index is -4.21. The van der Waals surface area contributed by atoms with E-state index in [1.54, 1.807) is 7.05 Å². The molecule has 0 aromatic carbocycles. The Bertz CT molecular complexity index is 338. The molecule has 0 aliphatic carbocycles. The van der Waals surface area contributed by atoms with Gasteiger partial charge in [0.25, 0.3) is 0 Å². The monoisotopic (exact) mass is 284 g/mol. The van der Waals surface area contributed by atoms with E-state index in [-0.39, 0.29) is 17.9 Å². The predicted octanol–water partition coefficient (Wildman–Crippen LogP) is 1.50. The Morgan fingerprint density at radius 1 is 1.56 bits per heavy atom. The summed E-state index contributed by atoms with van der Waals surface area (Å²) in [5.41, 5.74) is -0.259. The zero-order chi connectivity index (χ0) is 13.3. The zero-order valence-electron chi connectivity index (χ0n) is 9.78. The van der Waals surface area contributed by atoms with Crippen molar-refractivity contribution in [1.29, 1.82) is 0 Å². The second-order valence-corrected chi connectivity index (χ2v) is 5.48. The fourth-order valence-electron chi connectivity index (χ4n) is 2.10. The van der Waals surface area contributed by atoms with Crippen molar-refractivity contribution in [2.45, 2.75) is 49.1 Å². The first-order valence-electron chi connectivity index (χ1n) is 5.69. The van der Waals surface area contributed by atoms with Crippen LogP contribution in [0.5, 0.6) is 0 Å². The van der Waals surface area contributed by atoms with Gasteiger partial charge in [0.1, 0.15) is 5.44 Å². The van der Waals surface area contributed by atoms with Gasteiger partial charge in [-0.1, -0.05) is 11.8 Å². The predicted molar refractivity (Wildman–Crippen MR) is 62.4 cm³/mol. The van der Waals surface area contributed by atoms with Crippen LogP contribution in [-0.2, 0) is 4.74 Å². The van der Waals surface area contributed by atoms with Gasteiger partial charge in [-0.05, 0) is 12.8 Å². The highest BCUT2D eigenvalue weighted by Crippen LogP contribution is 2.35. The van der Waals surface area contributed by atoms with E-state index in [4.69, 9.17) is 4.74 Å². The van der Waals surface area contributed by atoms with Crippen LogP contribution in [0, 0.1) is 0 Å². The number of ether oxygens (including phenoxy) is 1. The van der Waals surface area contributed by atoms with Crippen LogP contribution in [0.15, 0.2) is 4.99 Å². The van der Waals surface area contributed by atoms with Gasteiger partial charge >= 0.3 is 6.18 Å². The fraction of sp³-hybridized carbons (Fsp3) is 0.900. The average Bonchev–Trinajstić information content (AvgIpc) is 2.66. The molecule has 104 valence electrons. The Balaban J connectivity index is 1.91. The van der Waals surface area contributed by atoms with E-state index in [1.165, 1.54) is 11.8 Å². The lowest BCUT2D eigenvalue weighted by Gasteiger charge is -2.35. The number of hydrogen-bond acceptors (Lipinski definition) is 4. The van der Waals surface area contributed by atoms with E-state index in [2.05, 4.69) is 10.3 Å². The van der Waals surface area contributed by atoms with Crippen LogP contribution >= 0.6 is 11.8 Å². The smallest absolute Gasteiger partial charge is 0.389 e. The van der Waals surface area contributed by atoms with Gasteiger partial charge in [0, 0.05) is 13.5 Å². The molecule has 0 saturated carbocycles. The van der Waals surface area contributed by atoms with Crippen molar-refractivity contribution < 1.29 is 23.0 Å². The third-order valence-electron chi connectivity index (χ3n) is 3.01. The van der Waals surface area contributed by atoms with Gasteiger partial charge in [0.2, 0.25) is 0 Å². The molecule has 2 aliphatic rings. The number of fused-ring (bicyclic) bond motifs is 1. The number of nitrogens with one attached hydrogen (secondary N) is 1. The Morgan fingerprint density at radius 2 is 2.28 bits per heavy atom. The number of alkyl halides is 3. The number of aliphatic hydroxyl groups is 1. The van der Waals surface area contributed by atoms with Crippen LogP contribution in [0.2, 0.25) is 0 Å². The lowest BCUT2D eigenvalue weighted by atomic mass is 9.98. The molecule has 2 saturated heterocycles. The van der Waals surface area contributed by atoms with E-state index >= 15 is 0 Å². The van der Waals surface area contributed by atoms with Crippen molar-refractivity contribution in [2.24, 2.45) is 4.99 Å². The standard InChI is InChI=1S/C10H15F3N2O2S/c1-14-9-15-5-4-6(16)7(17-8(5)18-9)2-3-10(11,12)13/h5-8,16H,2-4H2,1H3,(H,14,15). The van der Waals surface area contributed by atoms with Crippen molar-refractivity contribution >= 4 is 16.9 Å². The quantitative estimate of drug-likeness (QED) is 0.807. The summed E-state index contributed by atoms with van der Waals surface area (Å²) in [4.78, 5) is 3.97. The van der Waals surface area contributed by atoms with Crippen LogP contribution in [0.4, 0.5) is 13.2 Å². The molecule has 0 radical (unpaired) electrons. The molecule has 0 bridgehead atoms. The fourth-order valence-corrected chi connectivity index (χ4v) is 3.19. The Kier molecular flexibility index (Phi) is 4.08. The minimum absolute atomic E-state index is 0.0779. The van der Waals surface area contributed by atoms with Gasteiger partial charge in [0.15, 0.2) is 5.17 Å². The molecule has 8 heteroatoms. The van der Waals surface area contributed by atoms with Gasteiger partial charge in [-0.15, -0.1) is 0 Å². The van der Waals surface area contributed by atoms with Gasteiger partial charge in [-0.25, -0.2) is 0 Å².